The lowest BCUT2D eigenvalue weighted by atomic mass is 10.1. The van der Waals surface area contributed by atoms with Gasteiger partial charge in [-0.05, 0) is 49.7 Å². The van der Waals surface area contributed by atoms with E-state index in [4.69, 9.17) is 15.7 Å². The second kappa shape index (κ2) is 9.07. The molecule has 0 bridgehead atoms. The second-order valence-electron chi connectivity index (χ2n) is 6.61. The van der Waals surface area contributed by atoms with Gasteiger partial charge in [0.1, 0.15) is 23.9 Å². The van der Waals surface area contributed by atoms with Crippen molar-refractivity contribution in [2.24, 2.45) is 0 Å². The third-order valence-corrected chi connectivity index (χ3v) is 4.50. The molecule has 5 nitrogen and oxygen atoms in total. The van der Waals surface area contributed by atoms with Gasteiger partial charge in [0.05, 0.1) is 17.8 Å². The summed E-state index contributed by atoms with van der Waals surface area (Å²) in [6, 6.07) is 12.9. The van der Waals surface area contributed by atoms with Crippen LogP contribution in [0, 0.1) is 32.0 Å². The molecule has 0 aliphatic carbocycles. The summed E-state index contributed by atoms with van der Waals surface area (Å²) < 4.78 is 24.1. The summed E-state index contributed by atoms with van der Waals surface area (Å²) in [5.74, 6) is 3.21. The van der Waals surface area contributed by atoms with Crippen molar-refractivity contribution in [2.75, 3.05) is 6.54 Å². The summed E-state index contributed by atoms with van der Waals surface area (Å²) >= 11 is 0. The first-order valence-corrected chi connectivity index (χ1v) is 9.09. The highest BCUT2D eigenvalue weighted by Gasteiger charge is 2.17. The first-order valence-electron chi connectivity index (χ1n) is 9.09. The van der Waals surface area contributed by atoms with Gasteiger partial charge in [0.15, 0.2) is 0 Å². The topological polar surface area (TPSA) is 55.6 Å². The number of hydrogen-bond acceptors (Lipinski definition) is 4. The average molecular weight is 392 g/mol. The average Bonchev–Trinajstić information content (AvgIpc) is 3.05. The smallest absolute Gasteiger partial charge is 0.255 e. The fourth-order valence-electron chi connectivity index (χ4n) is 2.88. The molecule has 0 N–H and O–H groups in total. The van der Waals surface area contributed by atoms with Crippen LogP contribution in [0.3, 0.4) is 0 Å². The lowest BCUT2D eigenvalue weighted by Gasteiger charge is -2.21. The number of terminal acetylenes is 1. The number of carbonyl (C=O) groups is 1. The molecule has 0 unspecified atom stereocenters. The van der Waals surface area contributed by atoms with E-state index >= 15 is 0 Å². The van der Waals surface area contributed by atoms with Crippen LogP contribution in [-0.2, 0) is 13.2 Å². The number of carbonyl (C=O) groups excluding carboxylic acids is 1. The highest BCUT2D eigenvalue weighted by Crippen LogP contribution is 2.20. The minimum atomic E-state index is -0.327. The Kier molecular flexibility index (Phi) is 6.30. The van der Waals surface area contributed by atoms with E-state index in [1.165, 1.54) is 17.0 Å². The highest BCUT2D eigenvalue weighted by molar-refractivity contribution is 5.94. The van der Waals surface area contributed by atoms with Gasteiger partial charge in [-0.15, -0.1) is 6.42 Å². The first-order chi connectivity index (χ1) is 14.0. The van der Waals surface area contributed by atoms with Crippen molar-refractivity contribution in [1.29, 1.82) is 0 Å². The molecule has 0 atom stereocenters. The Hall–Kier alpha value is -3.59. The molecule has 29 heavy (non-hydrogen) atoms. The zero-order valence-electron chi connectivity index (χ0n) is 16.3. The number of amides is 1. The zero-order chi connectivity index (χ0) is 20.8. The second-order valence-corrected chi connectivity index (χ2v) is 6.61. The summed E-state index contributed by atoms with van der Waals surface area (Å²) in [5.41, 5.74) is 2.90. The predicted octanol–water partition coefficient (Wildman–Crippen LogP) is 4.29. The van der Waals surface area contributed by atoms with Gasteiger partial charge in [-0.3, -0.25) is 4.79 Å². The number of aromatic nitrogens is 1. The summed E-state index contributed by atoms with van der Waals surface area (Å²) in [6.07, 6.45) is 5.44. The molecule has 1 amide bonds. The van der Waals surface area contributed by atoms with E-state index in [0.29, 0.717) is 23.7 Å². The molecule has 2 aromatic carbocycles. The Balaban J connectivity index is 1.73. The zero-order valence-corrected chi connectivity index (χ0v) is 16.3. The van der Waals surface area contributed by atoms with Crippen LogP contribution in [0.2, 0.25) is 0 Å². The van der Waals surface area contributed by atoms with Crippen molar-refractivity contribution in [3.63, 3.8) is 0 Å². The van der Waals surface area contributed by atoms with E-state index in [9.17, 15) is 9.18 Å². The number of ether oxygens (including phenoxy) is 1. The van der Waals surface area contributed by atoms with E-state index in [-0.39, 0.29) is 24.8 Å². The van der Waals surface area contributed by atoms with Crippen molar-refractivity contribution in [3.8, 4) is 18.1 Å². The number of aryl methyl sites for hydroxylation is 2. The molecule has 148 valence electrons. The number of rotatable bonds is 7. The van der Waals surface area contributed by atoms with Gasteiger partial charge in [-0.2, -0.15) is 0 Å². The first kappa shape index (κ1) is 20.2. The van der Waals surface area contributed by atoms with Crippen molar-refractivity contribution in [1.82, 2.24) is 10.1 Å². The molecule has 6 heteroatoms. The summed E-state index contributed by atoms with van der Waals surface area (Å²) in [4.78, 5) is 14.5. The van der Waals surface area contributed by atoms with E-state index in [2.05, 4.69) is 11.1 Å². The summed E-state index contributed by atoms with van der Waals surface area (Å²) in [6.45, 7) is 4.39. The Morgan fingerprint density at radius 2 is 2.00 bits per heavy atom. The quantitative estimate of drug-likeness (QED) is 0.563. The van der Waals surface area contributed by atoms with Crippen LogP contribution in [0.4, 0.5) is 4.39 Å². The minimum Gasteiger partial charge on any atom is -0.489 e. The number of hydrogen-bond donors (Lipinski definition) is 0. The standard InChI is InChI=1S/C23H21FN2O3/c1-4-12-26(14-18-8-10-20(24)11-9-18)23(27)19-6-5-7-21(13-19)28-15-22-16(2)25-29-17(22)3/h1,5-11,13H,12,14-15H2,2-3H3. The van der Waals surface area contributed by atoms with Crippen molar-refractivity contribution in [2.45, 2.75) is 27.0 Å². The molecule has 3 rings (SSSR count). The third kappa shape index (κ3) is 5.02. The Morgan fingerprint density at radius 3 is 2.66 bits per heavy atom. The Bertz CT molecular complexity index is 1020. The van der Waals surface area contributed by atoms with Crippen molar-refractivity contribution < 1.29 is 18.4 Å². The van der Waals surface area contributed by atoms with E-state index < -0.39 is 0 Å². The van der Waals surface area contributed by atoms with Gasteiger partial charge < -0.3 is 14.2 Å². The van der Waals surface area contributed by atoms with Crippen LogP contribution in [0.15, 0.2) is 53.1 Å². The van der Waals surface area contributed by atoms with Crippen LogP contribution in [0.25, 0.3) is 0 Å². The number of benzene rings is 2. The molecule has 0 spiro atoms. The molecule has 0 aliphatic rings. The maximum atomic E-state index is 13.1. The largest absolute Gasteiger partial charge is 0.489 e. The predicted molar refractivity (Wildman–Crippen MR) is 107 cm³/mol. The van der Waals surface area contributed by atoms with E-state index in [1.54, 1.807) is 36.4 Å². The van der Waals surface area contributed by atoms with Crippen LogP contribution in [-0.4, -0.2) is 22.5 Å². The minimum absolute atomic E-state index is 0.139. The maximum absolute atomic E-state index is 13.1. The molecule has 3 aromatic rings. The molecule has 1 heterocycles. The normalized spacial score (nSPS) is 10.4. The van der Waals surface area contributed by atoms with Crippen molar-refractivity contribution in [3.05, 3.63) is 82.5 Å². The van der Waals surface area contributed by atoms with Crippen LogP contribution < -0.4 is 4.74 Å². The summed E-state index contributed by atoms with van der Waals surface area (Å²) in [5, 5.41) is 3.91. The van der Waals surface area contributed by atoms with Gasteiger partial charge >= 0.3 is 0 Å². The van der Waals surface area contributed by atoms with Crippen LogP contribution >= 0.6 is 0 Å². The monoisotopic (exact) mass is 392 g/mol. The molecule has 0 aliphatic heterocycles. The molecule has 0 fully saturated rings. The fourth-order valence-corrected chi connectivity index (χ4v) is 2.88. The lowest BCUT2D eigenvalue weighted by Crippen LogP contribution is -2.31. The van der Waals surface area contributed by atoms with Gasteiger partial charge in [0, 0.05) is 12.1 Å². The van der Waals surface area contributed by atoms with E-state index in [1.807, 2.05) is 13.8 Å². The van der Waals surface area contributed by atoms with Crippen LogP contribution in [0.5, 0.6) is 5.75 Å². The highest BCUT2D eigenvalue weighted by atomic mass is 19.1. The Labute approximate surface area is 169 Å². The maximum Gasteiger partial charge on any atom is 0.255 e. The van der Waals surface area contributed by atoms with Gasteiger partial charge in [-0.1, -0.05) is 29.3 Å². The van der Waals surface area contributed by atoms with E-state index in [0.717, 1.165) is 16.8 Å². The third-order valence-electron chi connectivity index (χ3n) is 4.50. The molecular weight excluding hydrogens is 371 g/mol. The van der Waals surface area contributed by atoms with Gasteiger partial charge in [0.25, 0.3) is 5.91 Å². The van der Waals surface area contributed by atoms with Gasteiger partial charge in [-0.25, -0.2) is 4.39 Å². The summed E-state index contributed by atoms with van der Waals surface area (Å²) in [7, 11) is 0. The van der Waals surface area contributed by atoms with Crippen LogP contribution in [0.1, 0.15) is 32.9 Å². The lowest BCUT2D eigenvalue weighted by molar-refractivity contribution is 0.0765. The molecule has 0 saturated heterocycles. The van der Waals surface area contributed by atoms with Crippen molar-refractivity contribution >= 4 is 5.91 Å². The molecule has 0 saturated carbocycles. The molecule has 0 radical (unpaired) electrons. The SMILES string of the molecule is C#CCN(Cc1ccc(F)cc1)C(=O)c1cccc(OCc2c(C)noc2C)c1. The molecular formula is C23H21FN2O3. The fraction of sp³-hybridized carbons (Fsp3) is 0.217. The van der Waals surface area contributed by atoms with Gasteiger partial charge in [0.2, 0.25) is 0 Å². The Morgan fingerprint density at radius 1 is 1.24 bits per heavy atom. The number of halogens is 1. The number of nitrogens with zero attached hydrogens (tertiary/aromatic N) is 2. The molecule has 1 aromatic heterocycles.